The molecule has 1 atom stereocenters. The first-order valence-electron chi connectivity index (χ1n) is 6.13. The number of benzene rings is 1. The van der Waals surface area contributed by atoms with Crippen LogP contribution < -0.4 is 5.73 Å². The van der Waals surface area contributed by atoms with Crippen molar-refractivity contribution in [3.63, 3.8) is 0 Å². The SMILES string of the molecule is NC1=NCC(c2cccc(C(F)F)c2)N1C1CC1. The van der Waals surface area contributed by atoms with Crippen molar-refractivity contribution in [2.24, 2.45) is 10.7 Å². The molecule has 0 radical (unpaired) electrons. The van der Waals surface area contributed by atoms with Gasteiger partial charge in [0.1, 0.15) is 0 Å². The normalized spacial score (nSPS) is 23.6. The van der Waals surface area contributed by atoms with Gasteiger partial charge in [0.2, 0.25) is 0 Å². The highest BCUT2D eigenvalue weighted by atomic mass is 19.3. The fourth-order valence-electron chi connectivity index (χ4n) is 2.47. The summed E-state index contributed by atoms with van der Waals surface area (Å²) in [6.07, 6.45) is -0.207. The zero-order chi connectivity index (χ0) is 12.7. The Morgan fingerprint density at radius 3 is 2.78 bits per heavy atom. The van der Waals surface area contributed by atoms with E-state index in [1.54, 1.807) is 12.1 Å². The molecule has 1 unspecified atom stereocenters. The van der Waals surface area contributed by atoms with Crippen molar-refractivity contribution >= 4 is 5.96 Å². The van der Waals surface area contributed by atoms with Crippen LogP contribution in [0.4, 0.5) is 8.78 Å². The second kappa shape index (κ2) is 4.23. The van der Waals surface area contributed by atoms with Gasteiger partial charge in [-0.25, -0.2) is 8.78 Å². The van der Waals surface area contributed by atoms with Crippen molar-refractivity contribution in [3.05, 3.63) is 35.4 Å². The van der Waals surface area contributed by atoms with Crippen molar-refractivity contribution in [1.29, 1.82) is 0 Å². The van der Waals surface area contributed by atoms with Crippen LogP contribution in [0.25, 0.3) is 0 Å². The fraction of sp³-hybridized carbons (Fsp3) is 0.462. The van der Waals surface area contributed by atoms with E-state index in [1.807, 2.05) is 6.07 Å². The van der Waals surface area contributed by atoms with Crippen molar-refractivity contribution in [3.8, 4) is 0 Å². The Labute approximate surface area is 104 Å². The molecule has 0 spiro atoms. The van der Waals surface area contributed by atoms with Crippen LogP contribution >= 0.6 is 0 Å². The first kappa shape index (κ1) is 11.4. The third-order valence-corrected chi connectivity index (χ3v) is 3.51. The number of alkyl halides is 2. The lowest BCUT2D eigenvalue weighted by atomic mass is 10.0. The van der Waals surface area contributed by atoms with Gasteiger partial charge in [-0.3, -0.25) is 4.99 Å². The molecule has 1 aliphatic carbocycles. The molecule has 2 N–H and O–H groups in total. The Kier molecular flexibility index (Phi) is 2.69. The number of nitrogens with two attached hydrogens (primary N) is 1. The molecule has 18 heavy (non-hydrogen) atoms. The number of hydrogen-bond acceptors (Lipinski definition) is 3. The Balaban J connectivity index is 1.88. The minimum absolute atomic E-state index is 0.0243. The van der Waals surface area contributed by atoms with Gasteiger partial charge in [-0.1, -0.05) is 18.2 Å². The van der Waals surface area contributed by atoms with E-state index in [0.29, 0.717) is 18.5 Å². The predicted octanol–water partition coefficient (Wildman–Crippen LogP) is 2.46. The molecule has 0 bridgehead atoms. The van der Waals surface area contributed by atoms with Gasteiger partial charge in [-0.2, -0.15) is 0 Å². The van der Waals surface area contributed by atoms with E-state index in [-0.39, 0.29) is 11.6 Å². The van der Waals surface area contributed by atoms with Crippen LogP contribution in [0.15, 0.2) is 29.3 Å². The van der Waals surface area contributed by atoms with Crippen LogP contribution in [0.1, 0.15) is 36.4 Å². The van der Waals surface area contributed by atoms with Gasteiger partial charge in [0, 0.05) is 11.6 Å². The minimum atomic E-state index is -2.43. The summed E-state index contributed by atoms with van der Waals surface area (Å²) in [7, 11) is 0. The second-order valence-electron chi connectivity index (χ2n) is 4.82. The zero-order valence-electron chi connectivity index (χ0n) is 9.89. The molecule has 1 heterocycles. The number of hydrogen-bond donors (Lipinski definition) is 1. The van der Waals surface area contributed by atoms with Gasteiger partial charge >= 0.3 is 0 Å². The summed E-state index contributed by atoms with van der Waals surface area (Å²) in [5.41, 5.74) is 6.82. The number of aliphatic imine (C=N–C) groups is 1. The average molecular weight is 251 g/mol. The number of guanidine groups is 1. The largest absolute Gasteiger partial charge is 0.370 e. The summed E-state index contributed by atoms with van der Waals surface area (Å²) in [5, 5.41) is 0. The maximum Gasteiger partial charge on any atom is 0.263 e. The Morgan fingerprint density at radius 2 is 2.11 bits per heavy atom. The Bertz CT molecular complexity index is 483. The summed E-state index contributed by atoms with van der Waals surface area (Å²) in [6, 6.07) is 7.04. The van der Waals surface area contributed by atoms with Crippen molar-refractivity contribution in [1.82, 2.24) is 4.90 Å². The quantitative estimate of drug-likeness (QED) is 0.896. The number of rotatable bonds is 3. The molecule has 1 aromatic carbocycles. The maximum absolute atomic E-state index is 12.7. The first-order chi connectivity index (χ1) is 8.66. The number of halogens is 2. The molecule has 1 fully saturated rings. The van der Waals surface area contributed by atoms with E-state index < -0.39 is 6.43 Å². The predicted molar refractivity (Wildman–Crippen MR) is 65.5 cm³/mol. The zero-order valence-corrected chi connectivity index (χ0v) is 9.89. The van der Waals surface area contributed by atoms with Gasteiger partial charge in [-0.05, 0) is 24.5 Å². The van der Waals surface area contributed by atoms with Gasteiger partial charge in [0.05, 0.1) is 12.6 Å². The van der Waals surface area contributed by atoms with Crippen LogP contribution in [0.3, 0.4) is 0 Å². The van der Waals surface area contributed by atoms with Gasteiger partial charge in [0.15, 0.2) is 5.96 Å². The Morgan fingerprint density at radius 1 is 1.33 bits per heavy atom. The minimum Gasteiger partial charge on any atom is -0.370 e. The highest BCUT2D eigenvalue weighted by molar-refractivity contribution is 5.81. The Hall–Kier alpha value is -1.65. The second-order valence-corrected chi connectivity index (χ2v) is 4.82. The number of nitrogens with zero attached hydrogens (tertiary/aromatic N) is 2. The van der Waals surface area contributed by atoms with Gasteiger partial charge in [0.25, 0.3) is 6.43 Å². The summed E-state index contributed by atoms with van der Waals surface area (Å²) in [5.74, 6) is 0.546. The molecule has 1 aliphatic heterocycles. The van der Waals surface area contributed by atoms with Crippen LogP contribution in [0.5, 0.6) is 0 Å². The maximum atomic E-state index is 12.7. The van der Waals surface area contributed by atoms with E-state index in [0.717, 1.165) is 18.4 Å². The topological polar surface area (TPSA) is 41.6 Å². The third-order valence-electron chi connectivity index (χ3n) is 3.51. The molecule has 0 amide bonds. The standard InChI is InChI=1S/C13H15F2N3/c14-12(15)9-3-1-2-8(6-9)11-7-17-13(16)18(11)10-4-5-10/h1-3,6,10-12H,4-5,7H2,(H2,16,17). The lowest BCUT2D eigenvalue weighted by Gasteiger charge is -2.26. The van der Waals surface area contributed by atoms with Crippen LogP contribution in [0.2, 0.25) is 0 Å². The van der Waals surface area contributed by atoms with Crippen LogP contribution in [-0.2, 0) is 0 Å². The summed E-state index contributed by atoms with van der Waals surface area (Å²) >= 11 is 0. The molecule has 3 rings (SSSR count). The molecule has 5 heteroatoms. The smallest absolute Gasteiger partial charge is 0.263 e. The molecule has 1 aromatic rings. The van der Waals surface area contributed by atoms with Crippen molar-refractivity contribution < 1.29 is 8.78 Å². The van der Waals surface area contributed by atoms with Crippen LogP contribution in [-0.4, -0.2) is 23.4 Å². The monoisotopic (exact) mass is 251 g/mol. The van der Waals surface area contributed by atoms with Crippen LogP contribution in [0, 0.1) is 0 Å². The lowest BCUT2D eigenvalue weighted by molar-refractivity contribution is 0.151. The molecule has 0 saturated heterocycles. The molecule has 2 aliphatic rings. The fourth-order valence-corrected chi connectivity index (χ4v) is 2.47. The van der Waals surface area contributed by atoms with E-state index in [4.69, 9.17) is 5.73 Å². The van der Waals surface area contributed by atoms with E-state index >= 15 is 0 Å². The summed E-state index contributed by atoms with van der Waals surface area (Å²) < 4.78 is 25.4. The highest BCUT2D eigenvalue weighted by Crippen LogP contribution is 2.37. The van der Waals surface area contributed by atoms with Gasteiger partial charge < -0.3 is 10.6 Å². The van der Waals surface area contributed by atoms with Crippen molar-refractivity contribution in [2.75, 3.05) is 6.54 Å². The third kappa shape index (κ3) is 1.94. The van der Waals surface area contributed by atoms with E-state index in [2.05, 4.69) is 9.89 Å². The van der Waals surface area contributed by atoms with Gasteiger partial charge in [-0.15, -0.1) is 0 Å². The lowest BCUT2D eigenvalue weighted by Crippen LogP contribution is -2.37. The van der Waals surface area contributed by atoms with Crippen molar-refractivity contribution in [2.45, 2.75) is 31.4 Å². The molecular formula is C13H15F2N3. The molecule has 1 saturated carbocycles. The first-order valence-corrected chi connectivity index (χ1v) is 6.13. The molecule has 3 nitrogen and oxygen atoms in total. The molecule has 96 valence electrons. The highest BCUT2D eigenvalue weighted by Gasteiger charge is 2.38. The average Bonchev–Trinajstić information content (AvgIpc) is 3.12. The van der Waals surface area contributed by atoms with E-state index in [1.165, 1.54) is 6.07 Å². The summed E-state index contributed by atoms with van der Waals surface area (Å²) in [4.78, 5) is 6.32. The molecule has 0 aromatic heterocycles. The molecular weight excluding hydrogens is 236 g/mol. The summed E-state index contributed by atoms with van der Waals surface area (Å²) in [6.45, 7) is 0.565. The van der Waals surface area contributed by atoms with E-state index in [9.17, 15) is 8.78 Å².